The van der Waals surface area contributed by atoms with Gasteiger partial charge in [0.05, 0.1) is 25.6 Å². The molecule has 0 unspecified atom stereocenters. The summed E-state index contributed by atoms with van der Waals surface area (Å²) >= 11 is 0. The summed E-state index contributed by atoms with van der Waals surface area (Å²) in [6, 6.07) is 5.04. The first kappa shape index (κ1) is 30.9. The average Bonchev–Trinajstić information content (AvgIpc) is 3.01. The first-order chi connectivity index (χ1) is 19.7. The number of aliphatic hydroxyl groups excluding tert-OH is 1. The molecule has 1 aromatic rings. The van der Waals surface area contributed by atoms with Gasteiger partial charge in [-0.25, -0.2) is 9.59 Å². The zero-order valence-corrected chi connectivity index (χ0v) is 25.0. The molecule has 4 rings (SSSR count). The van der Waals surface area contributed by atoms with E-state index in [1.807, 2.05) is 13.8 Å². The van der Waals surface area contributed by atoms with Gasteiger partial charge in [0.1, 0.15) is 11.9 Å². The fourth-order valence-electron chi connectivity index (χ4n) is 6.21. The van der Waals surface area contributed by atoms with Gasteiger partial charge in [-0.1, -0.05) is 45.4 Å². The number of nitrogens with one attached hydrogen (secondary N) is 3. The topological polar surface area (TPSA) is 123 Å². The first-order valence-corrected chi connectivity index (χ1v) is 15.5. The largest absolute Gasteiger partial charge is 0.488 e. The Bertz CT molecular complexity index is 1040. The van der Waals surface area contributed by atoms with Gasteiger partial charge in [-0.3, -0.25) is 4.79 Å². The van der Waals surface area contributed by atoms with E-state index >= 15 is 0 Å². The zero-order valence-electron chi connectivity index (χ0n) is 25.0. The molecule has 0 spiro atoms. The predicted molar refractivity (Wildman–Crippen MR) is 159 cm³/mol. The molecule has 10 nitrogen and oxygen atoms in total. The molecule has 0 radical (unpaired) electrons. The number of benzene rings is 1. The third kappa shape index (κ3) is 8.74. The Morgan fingerprint density at radius 2 is 1.68 bits per heavy atom. The van der Waals surface area contributed by atoms with Gasteiger partial charge in [0.2, 0.25) is 5.91 Å². The van der Waals surface area contributed by atoms with Crippen LogP contribution in [0.3, 0.4) is 0 Å². The summed E-state index contributed by atoms with van der Waals surface area (Å²) in [6.07, 6.45) is 10.7. The molecule has 3 atom stereocenters. The number of aliphatic hydroxyl groups is 1. The number of anilines is 1. The molecular formula is C31H49N5O5. The molecule has 0 bridgehead atoms. The SMILES string of the molecule is C[C@H](CO)N1C[C@H](C)[C@@H](CN(C)C(=O)NC2CCCCC2)Oc2ccc(NC(=O)NC3CCCCC3)cc2CC1=O. The van der Waals surface area contributed by atoms with Gasteiger partial charge >= 0.3 is 12.1 Å². The van der Waals surface area contributed by atoms with Crippen LogP contribution in [-0.4, -0.2) is 83.8 Å². The van der Waals surface area contributed by atoms with Gasteiger partial charge in [0.15, 0.2) is 0 Å². The highest BCUT2D eigenvalue weighted by Crippen LogP contribution is 2.29. The number of carbonyl (C=O) groups excluding carboxylic acids is 3. The molecule has 1 aliphatic heterocycles. The van der Waals surface area contributed by atoms with Crippen molar-refractivity contribution < 1.29 is 24.2 Å². The predicted octanol–water partition coefficient (Wildman–Crippen LogP) is 4.26. The molecule has 2 saturated carbocycles. The molecule has 4 N–H and O–H groups in total. The van der Waals surface area contributed by atoms with Gasteiger partial charge in [-0.2, -0.15) is 0 Å². The van der Waals surface area contributed by atoms with Crippen LogP contribution >= 0.6 is 0 Å². The van der Waals surface area contributed by atoms with E-state index in [1.54, 1.807) is 35.0 Å². The molecule has 0 aromatic heterocycles. The molecule has 228 valence electrons. The summed E-state index contributed by atoms with van der Waals surface area (Å²) in [5.74, 6) is 0.340. The Labute approximate surface area is 244 Å². The normalized spacial score (nSPS) is 23.2. The maximum Gasteiger partial charge on any atom is 0.319 e. The summed E-state index contributed by atoms with van der Waals surface area (Å²) in [4.78, 5) is 42.6. The van der Waals surface area contributed by atoms with E-state index in [1.165, 1.54) is 12.8 Å². The number of fused-ring (bicyclic) bond motifs is 1. The second kappa shape index (κ2) is 14.8. The van der Waals surface area contributed by atoms with Crippen LogP contribution in [0.1, 0.15) is 83.6 Å². The van der Waals surface area contributed by atoms with Crippen molar-refractivity contribution in [2.45, 2.75) is 109 Å². The van der Waals surface area contributed by atoms with Crippen LogP contribution < -0.4 is 20.7 Å². The molecule has 3 aliphatic rings. The van der Waals surface area contributed by atoms with Gasteiger partial charge < -0.3 is 35.6 Å². The van der Waals surface area contributed by atoms with Crippen molar-refractivity contribution in [2.24, 2.45) is 5.92 Å². The minimum atomic E-state index is -0.386. The van der Waals surface area contributed by atoms with E-state index in [4.69, 9.17) is 4.74 Å². The highest BCUT2D eigenvalue weighted by atomic mass is 16.5. The number of carbonyl (C=O) groups is 3. The Morgan fingerprint density at radius 3 is 2.32 bits per heavy atom. The van der Waals surface area contributed by atoms with Crippen LogP contribution in [0.4, 0.5) is 15.3 Å². The lowest BCUT2D eigenvalue weighted by Crippen LogP contribution is -2.50. The fourth-order valence-corrected chi connectivity index (χ4v) is 6.21. The third-order valence-corrected chi connectivity index (χ3v) is 8.85. The molecule has 10 heteroatoms. The highest BCUT2D eigenvalue weighted by molar-refractivity contribution is 5.90. The highest BCUT2D eigenvalue weighted by Gasteiger charge is 2.32. The molecule has 0 saturated heterocycles. The monoisotopic (exact) mass is 571 g/mol. The number of amides is 5. The van der Waals surface area contributed by atoms with E-state index in [9.17, 15) is 19.5 Å². The summed E-state index contributed by atoms with van der Waals surface area (Å²) in [5.41, 5.74) is 1.25. The number of urea groups is 2. The van der Waals surface area contributed by atoms with Crippen LogP contribution in [-0.2, 0) is 11.2 Å². The number of rotatable bonds is 7. The van der Waals surface area contributed by atoms with Crippen LogP contribution in [0.5, 0.6) is 5.75 Å². The van der Waals surface area contributed by atoms with Gasteiger partial charge in [-0.15, -0.1) is 0 Å². The smallest absolute Gasteiger partial charge is 0.319 e. The Hall–Kier alpha value is -3.01. The average molecular weight is 572 g/mol. The quantitative estimate of drug-likeness (QED) is 0.389. The zero-order chi connectivity index (χ0) is 29.4. The first-order valence-electron chi connectivity index (χ1n) is 15.5. The van der Waals surface area contributed by atoms with Gasteiger partial charge in [0, 0.05) is 42.8 Å². The van der Waals surface area contributed by atoms with Crippen molar-refractivity contribution in [1.82, 2.24) is 20.4 Å². The van der Waals surface area contributed by atoms with E-state index in [-0.39, 0.29) is 61.1 Å². The van der Waals surface area contributed by atoms with Crippen molar-refractivity contribution >= 4 is 23.7 Å². The summed E-state index contributed by atoms with van der Waals surface area (Å²) < 4.78 is 6.54. The Balaban J connectivity index is 1.50. The van der Waals surface area contributed by atoms with Crippen LogP contribution in [0.15, 0.2) is 18.2 Å². The van der Waals surface area contributed by atoms with E-state index in [0.717, 1.165) is 51.4 Å². The second-order valence-corrected chi connectivity index (χ2v) is 12.3. The van der Waals surface area contributed by atoms with E-state index in [2.05, 4.69) is 16.0 Å². The Kier molecular flexibility index (Phi) is 11.1. The number of ether oxygens (including phenoxy) is 1. The van der Waals surface area contributed by atoms with Gasteiger partial charge in [-0.05, 0) is 50.8 Å². The summed E-state index contributed by atoms with van der Waals surface area (Å²) in [5, 5.41) is 19.1. The van der Waals surface area contributed by atoms with Crippen molar-refractivity contribution in [3.05, 3.63) is 23.8 Å². The van der Waals surface area contributed by atoms with Crippen LogP contribution in [0.2, 0.25) is 0 Å². The van der Waals surface area contributed by atoms with Crippen molar-refractivity contribution in [2.75, 3.05) is 32.1 Å². The summed E-state index contributed by atoms with van der Waals surface area (Å²) in [6.45, 7) is 4.43. The molecule has 41 heavy (non-hydrogen) atoms. The van der Waals surface area contributed by atoms with Crippen molar-refractivity contribution in [3.8, 4) is 5.75 Å². The number of nitrogens with zero attached hydrogens (tertiary/aromatic N) is 2. The van der Waals surface area contributed by atoms with Crippen molar-refractivity contribution in [1.29, 1.82) is 0 Å². The van der Waals surface area contributed by atoms with E-state index in [0.29, 0.717) is 30.1 Å². The van der Waals surface area contributed by atoms with Crippen LogP contribution in [0, 0.1) is 5.92 Å². The number of hydrogen-bond acceptors (Lipinski definition) is 5. The van der Waals surface area contributed by atoms with Gasteiger partial charge in [0.25, 0.3) is 0 Å². The maximum absolute atomic E-state index is 13.5. The lowest BCUT2D eigenvalue weighted by molar-refractivity contribution is -0.134. The van der Waals surface area contributed by atoms with Crippen LogP contribution in [0.25, 0.3) is 0 Å². The third-order valence-electron chi connectivity index (χ3n) is 8.85. The lowest BCUT2D eigenvalue weighted by Gasteiger charge is -2.34. The number of hydrogen-bond donors (Lipinski definition) is 4. The molecule has 1 heterocycles. The lowest BCUT2D eigenvalue weighted by atomic mass is 9.96. The Morgan fingerprint density at radius 1 is 1.05 bits per heavy atom. The van der Waals surface area contributed by atoms with E-state index < -0.39 is 0 Å². The second-order valence-electron chi connectivity index (χ2n) is 12.3. The standard InChI is InChI=1S/C31H49N5O5/c1-21-18-36(22(2)20-37)29(38)17-23-16-26(33-30(39)32-24-10-6-4-7-11-24)14-15-27(23)41-28(21)19-35(3)31(40)34-25-12-8-5-9-13-25/h14-16,21-22,24-25,28,37H,4-13,17-20H2,1-3H3,(H,34,40)(H2,32,33,39)/t21-,22+,28+/m0/s1. The van der Waals surface area contributed by atoms with Crippen molar-refractivity contribution in [3.63, 3.8) is 0 Å². The maximum atomic E-state index is 13.5. The minimum absolute atomic E-state index is 0.0802. The molecule has 5 amide bonds. The number of likely N-dealkylation sites (N-methyl/N-ethyl adjacent to an activating group) is 1. The molecule has 2 aliphatic carbocycles. The summed E-state index contributed by atoms with van der Waals surface area (Å²) in [7, 11) is 1.78. The fraction of sp³-hybridized carbons (Fsp3) is 0.710. The molecule has 2 fully saturated rings. The molecule has 1 aromatic carbocycles. The minimum Gasteiger partial charge on any atom is -0.488 e. The molecular weight excluding hydrogens is 522 g/mol.